The maximum absolute atomic E-state index is 12.9. The SMILES string of the molecule is CCCC(CCC)(C(=O)N1CCCNC(=O)C1)C(N)=S. The summed E-state index contributed by atoms with van der Waals surface area (Å²) < 4.78 is 0. The third kappa shape index (κ3) is 3.69. The Morgan fingerprint density at radius 1 is 1.40 bits per heavy atom. The third-order valence-electron chi connectivity index (χ3n) is 3.78. The van der Waals surface area contributed by atoms with E-state index in [2.05, 4.69) is 5.32 Å². The second kappa shape index (κ2) is 7.57. The molecule has 1 aliphatic rings. The van der Waals surface area contributed by atoms with Crippen LogP contribution < -0.4 is 11.1 Å². The first-order valence-corrected chi connectivity index (χ1v) is 7.74. The lowest BCUT2D eigenvalue weighted by Gasteiger charge is -2.35. The summed E-state index contributed by atoms with van der Waals surface area (Å²) in [5.74, 6) is -0.188. The van der Waals surface area contributed by atoms with E-state index in [1.807, 2.05) is 13.8 Å². The Bertz CT molecular complexity index is 379. The van der Waals surface area contributed by atoms with Crippen molar-refractivity contribution in [3.63, 3.8) is 0 Å². The minimum Gasteiger partial charge on any atom is -0.392 e. The van der Waals surface area contributed by atoms with Crippen LogP contribution >= 0.6 is 12.2 Å². The predicted molar refractivity (Wildman–Crippen MR) is 83.2 cm³/mol. The smallest absolute Gasteiger partial charge is 0.239 e. The highest BCUT2D eigenvalue weighted by Gasteiger charge is 2.43. The van der Waals surface area contributed by atoms with Crippen molar-refractivity contribution in [1.29, 1.82) is 0 Å². The van der Waals surface area contributed by atoms with Crippen molar-refractivity contribution < 1.29 is 9.59 Å². The molecule has 0 spiro atoms. The van der Waals surface area contributed by atoms with Gasteiger partial charge in [0.15, 0.2) is 0 Å². The summed E-state index contributed by atoms with van der Waals surface area (Å²) >= 11 is 5.20. The molecule has 0 atom stereocenters. The Labute approximate surface area is 126 Å². The molecule has 1 saturated heterocycles. The second-order valence-corrected chi connectivity index (χ2v) is 5.82. The summed E-state index contributed by atoms with van der Waals surface area (Å²) in [6.07, 6.45) is 3.73. The predicted octanol–water partition coefficient (Wildman–Crippen LogP) is 1.21. The number of amides is 2. The number of carbonyl (C=O) groups is 2. The van der Waals surface area contributed by atoms with Gasteiger partial charge in [0.2, 0.25) is 11.8 Å². The van der Waals surface area contributed by atoms with Gasteiger partial charge < -0.3 is 16.0 Å². The van der Waals surface area contributed by atoms with Crippen LogP contribution in [0.1, 0.15) is 46.0 Å². The van der Waals surface area contributed by atoms with Gasteiger partial charge in [-0.15, -0.1) is 0 Å². The first-order chi connectivity index (χ1) is 9.47. The van der Waals surface area contributed by atoms with Gasteiger partial charge in [-0.3, -0.25) is 9.59 Å². The van der Waals surface area contributed by atoms with Crippen molar-refractivity contribution in [2.45, 2.75) is 46.0 Å². The second-order valence-electron chi connectivity index (χ2n) is 5.38. The van der Waals surface area contributed by atoms with Crippen molar-refractivity contribution in [1.82, 2.24) is 10.2 Å². The van der Waals surface area contributed by atoms with Gasteiger partial charge in [0.05, 0.1) is 16.9 Å². The first-order valence-electron chi connectivity index (χ1n) is 7.34. The average molecular weight is 299 g/mol. The Hall–Kier alpha value is -1.17. The number of rotatable bonds is 6. The number of hydrogen-bond donors (Lipinski definition) is 2. The molecule has 1 fully saturated rings. The molecule has 0 aromatic rings. The summed E-state index contributed by atoms with van der Waals surface area (Å²) in [6.45, 7) is 5.34. The normalized spacial score (nSPS) is 16.5. The molecule has 0 aromatic carbocycles. The minimum atomic E-state index is -0.788. The number of thiocarbonyl (C=S) groups is 1. The number of nitrogens with zero attached hydrogens (tertiary/aromatic N) is 1. The molecule has 20 heavy (non-hydrogen) atoms. The van der Waals surface area contributed by atoms with E-state index in [0.717, 1.165) is 19.3 Å². The molecule has 0 radical (unpaired) electrons. The Morgan fingerprint density at radius 2 is 2.00 bits per heavy atom. The van der Waals surface area contributed by atoms with Crippen LogP contribution in [0, 0.1) is 5.41 Å². The highest BCUT2D eigenvalue weighted by molar-refractivity contribution is 7.80. The standard InChI is InChI=1S/C14H25N3O2S/c1-3-6-14(7-4-2,12(15)20)13(19)17-9-5-8-16-11(18)10-17/h3-10H2,1-2H3,(H2,15,20)(H,16,18). The molecular formula is C14H25N3O2S. The van der Waals surface area contributed by atoms with Crippen molar-refractivity contribution in [3.05, 3.63) is 0 Å². The average Bonchev–Trinajstić information content (AvgIpc) is 2.62. The lowest BCUT2D eigenvalue weighted by molar-refractivity contribution is -0.141. The molecule has 0 saturated carbocycles. The van der Waals surface area contributed by atoms with E-state index in [0.29, 0.717) is 25.9 Å². The Balaban J connectivity index is 3.01. The summed E-state index contributed by atoms with van der Waals surface area (Å²) in [5.41, 5.74) is 5.12. The zero-order valence-electron chi connectivity index (χ0n) is 12.4. The van der Waals surface area contributed by atoms with E-state index in [1.54, 1.807) is 4.90 Å². The van der Waals surface area contributed by atoms with Crippen molar-refractivity contribution in [3.8, 4) is 0 Å². The van der Waals surface area contributed by atoms with Gasteiger partial charge in [0.25, 0.3) is 0 Å². The van der Waals surface area contributed by atoms with Gasteiger partial charge in [0.1, 0.15) is 0 Å². The zero-order chi connectivity index (χ0) is 15.2. The van der Waals surface area contributed by atoms with Gasteiger partial charge in [-0.05, 0) is 19.3 Å². The van der Waals surface area contributed by atoms with Crippen LogP contribution in [0.4, 0.5) is 0 Å². The number of nitrogens with two attached hydrogens (primary N) is 1. The fourth-order valence-corrected chi connectivity index (χ4v) is 3.12. The molecule has 6 heteroatoms. The monoisotopic (exact) mass is 299 g/mol. The summed E-state index contributed by atoms with van der Waals surface area (Å²) in [5, 5.41) is 2.78. The van der Waals surface area contributed by atoms with Gasteiger partial charge in [-0.25, -0.2) is 0 Å². The Kier molecular flexibility index (Phi) is 6.39. The largest absolute Gasteiger partial charge is 0.392 e. The zero-order valence-corrected chi connectivity index (χ0v) is 13.2. The van der Waals surface area contributed by atoms with E-state index in [-0.39, 0.29) is 23.3 Å². The Morgan fingerprint density at radius 3 is 2.50 bits per heavy atom. The van der Waals surface area contributed by atoms with Crippen LogP contribution in [-0.2, 0) is 9.59 Å². The van der Waals surface area contributed by atoms with Crippen LogP contribution in [0.2, 0.25) is 0 Å². The molecule has 2 amide bonds. The van der Waals surface area contributed by atoms with E-state index in [1.165, 1.54) is 0 Å². The van der Waals surface area contributed by atoms with Crippen LogP contribution in [0.25, 0.3) is 0 Å². The molecule has 114 valence electrons. The maximum Gasteiger partial charge on any atom is 0.239 e. The molecule has 0 bridgehead atoms. The topological polar surface area (TPSA) is 75.4 Å². The van der Waals surface area contributed by atoms with Crippen LogP contribution in [0.3, 0.4) is 0 Å². The summed E-state index contributed by atoms with van der Waals surface area (Å²) in [6, 6.07) is 0. The van der Waals surface area contributed by atoms with E-state index >= 15 is 0 Å². The molecule has 5 nitrogen and oxygen atoms in total. The first kappa shape index (κ1) is 16.9. The number of nitrogens with one attached hydrogen (secondary N) is 1. The van der Waals surface area contributed by atoms with Crippen molar-refractivity contribution >= 4 is 29.0 Å². The summed E-state index contributed by atoms with van der Waals surface area (Å²) in [7, 11) is 0. The van der Waals surface area contributed by atoms with Crippen LogP contribution in [-0.4, -0.2) is 41.3 Å². The lowest BCUT2D eigenvalue weighted by atomic mass is 9.77. The quantitative estimate of drug-likeness (QED) is 0.723. The van der Waals surface area contributed by atoms with E-state index in [9.17, 15) is 9.59 Å². The maximum atomic E-state index is 12.9. The van der Waals surface area contributed by atoms with Gasteiger partial charge >= 0.3 is 0 Å². The number of carbonyl (C=O) groups excluding carboxylic acids is 2. The molecule has 1 aliphatic heterocycles. The van der Waals surface area contributed by atoms with Crippen LogP contribution in [0.5, 0.6) is 0 Å². The number of hydrogen-bond acceptors (Lipinski definition) is 3. The fourth-order valence-electron chi connectivity index (χ4n) is 2.83. The molecular weight excluding hydrogens is 274 g/mol. The molecule has 1 rings (SSSR count). The molecule has 1 heterocycles. The molecule has 0 aromatic heterocycles. The highest BCUT2D eigenvalue weighted by Crippen LogP contribution is 2.33. The van der Waals surface area contributed by atoms with E-state index in [4.69, 9.17) is 18.0 Å². The van der Waals surface area contributed by atoms with Gasteiger partial charge in [0, 0.05) is 13.1 Å². The van der Waals surface area contributed by atoms with E-state index < -0.39 is 5.41 Å². The highest BCUT2D eigenvalue weighted by atomic mass is 32.1. The third-order valence-corrected chi connectivity index (χ3v) is 4.17. The van der Waals surface area contributed by atoms with Crippen LogP contribution in [0.15, 0.2) is 0 Å². The minimum absolute atomic E-state index is 0.0780. The van der Waals surface area contributed by atoms with Crippen molar-refractivity contribution in [2.24, 2.45) is 11.1 Å². The summed E-state index contributed by atoms with van der Waals surface area (Å²) in [4.78, 5) is 26.4. The molecule has 0 aliphatic carbocycles. The molecule has 3 N–H and O–H groups in total. The fraction of sp³-hybridized carbons (Fsp3) is 0.786. The van der Waals surface area contributed by atoms with Gasteiger partial charge in [-0.1, -0.05) is 38.9 Å². The molecule has 0 unspecified atom stereocenters. The van der Waals surface area contributed by atoms with Gasteiger partial charge in [-0.2, -0.15) is 0 Å². The van der Waals surface area contributed by atoms with Crippen molar-refractivity contribution in [2.75, 3.05) is 19.6 Å². The lowest BCUT2D eigenvalue weighted by Crippen LogP contribution is -2.52.